The van der Waals surface area contributed by atoms with Gasteiger partial charge in [0.15, 0.2) is 0 Å². The van der Waals surface area contributed by atoms with Crippen LogP contribution >= 0.6 is 11.3 Å². The summed E-state index contributed by atoms with van der Waals surface area (Å²) in [7, 11) is 0. The first-order chi connectivity index (χ1) is 10.5. The molecule has 0 fully saturated rings. The fraction of sp³-hybridized carbons (Fsp3) is 0.562. The zero-order chi connectivity index (χ0) is 16.1. The Labute approximate surface area is 133 Å². The van der Waals surface area contributed by atoms with Gasteiger partial charge in [-0.1, -0.05) is 26.2 Å². The normalized spacial score (nSPS) is 11.0. The first-order valence-electron chi connectivity index (χ1n) is 7.65. The van der Waals surface area contributed by atoms with Crippen molar-refractivity contribution in [1.82, 2.24) is 9.55 Å². The maximum atomic E-state index is 12.4. The van der Waals surface area contributed by atoms with Crippen LogP contribution in [0.4, 0.5) is 0 Å². The molecule has 2 aromatic heterocycles. The number of carbonyl (C=O) groups is 1. The van der Waals surface area contributed by atoms with Gasteiger partial charge in [0.25, 0.3) is 5.56 Å². The number of fused-ring (bicyclic) bond motifs is 1. The standard InChI is InChI=1S/C16H22N2O3S/c1-4-5-6-7-8-21-13(19)9-18-10-17-15-14(16(18)20)11(2)12(3)22-15/h10H,4-9H2,1-3H3. The Hall–Kier alpha value is -1.69. The molecule has 0 aliphatic carbocycles. The van der Waals surface area contributed by atoms with Gasteiger partial charge in [0.05, 0.1) is 18.3 Å². The summed E-state index contributed by atoms with van der Waals surface area (Å²) in [5.41, 5.74) is 0.773. The quantitative estimate of drug-likeness (QED) is 0.580. The van der Waals surface area contributed by atoms with E-state index >= 15 is 0 Å². The molecule has 2 heterocycles. The lowest BCUT2D eigenvalue weighted by atomic mass is 10.2. The molecule has 0 aromatic carbocycles. The molecule has 0 saturated carbocycles. The maximum Gasteiger partial charge on any atom is 0.326 e. The van der Waals surface area contributed by atoms with Crippen molar-refractivity contribution in [1.29, 1.82) is 0 Å². The minimum Gasteiger partial charge on any atom is -0.464 e. The second-order valence-corrected chi connectivity index (χ2v) is 6.63. The molecule has 5 nitrogen and oxygen atoms in total. The number of unbranched alkanes of at least 4 members (excludes halogenated alkanes) is 3. The minimum atomic E-state index is -0.385. The van der Waals surface area contributed by atoms with E-state index in [2.05, 4.69) is 11.9 Å². The van der Waals surface area contributed by atoms with Crippen LogP contribution in [0.2, 0.25) is 0 Å². The Bertz CT molecular complexity index is 718. The largest absolute Gasteiger partial charge is 0.464 e. The summed E-state index contributed by atoms with van der Waals surface area (Å²) in [5, 5.41) is 0.612. The SMILES string of the molecule is CCCCCCOC(=O)Cn1cnc2sc(C)c(C)c2c1=O. The van der Waals surface area contributed by atoms with Crippen molar-refractivity contribution >= 4 is 27.5 Å². The van der Waals surface area contributed by atoms with Crippen LogP contribution < -0.4 is 5.56 Å². The summed E-state index contributed by atoms with van der Waals surface area (Å²) in [6, 6.07) is 0. The number of thiophene rings is 1. The molecule has 0 atom stereocenters. The fourth-order valence-electron chi connectivity index (χ4n) is 2.28. The molecule has 0 N–H and O–H groups in total. The molecule has 0 radical (unpaired) electrons. The number of ether oxygens (including phenoxy) is 1. The van der Waals surface area contributed by atoms with E-state index in [4.69, 9.17) is 4.74 Å². The van der Waals surface area contributed by atoms with Crippen LogP contribution in [0.25, 0.3) is 10.2 Å². The Balaban J connectivity index is 2.02. The Kier molecular flexibility index (Phi) is 5.71. The van der Waals surface area contributed by atoms with E-state index in [0.29, 0.717) is 12.0 Å². The van der Waals surface area contributed by atoms with Crippen molar-refractivity contribution in [3.63, 3.8) is 0 Å². The third-order valence-corrected chi connectivity index (χ3v) is 4.83. The second kappa shape index (κ2) is 7.54. The van der Waals surface area contributed by atoms with Gasteiger partial charge >= 0.3 is 5.97 Å². The van der Waals surface area contributed by atoms with Crippen LogP contribution in [0, 0.1) is 13.8 Å². The number of hydrogen-bond donors (Lipinski definition) is 0. The van der Waals surface area contributed by atoms with E-state index in [1.165, 1.54) is 22.2 Å². The van der Waals surface area contributed by atoms with Crippen molar-refractivity contribution in [2.75, 3.05) is 6.61 Å². The van der Waals surface area contributed by atoms with Gasteiger partial charge in [0, 0.05) is 4.88 Å². The van der Waals surface area contributed by atoms with Gasteiger partial charge in [-0.3, -0.25) is 14.2 Å². The van der Waals surface area contributed by atoms with Gasteiger partial charge in [-0.15, -0.1) is 11.3 Å². The third kappa shape index (κ3) is 3.74. The number of esters is 1. The highest BCUT2D eigenvalue weighted by molar-refractivity contribution is 7.18. The predicted octanol–water partition coefficient (Wildman–Crippen LogP) is 3.20. The van der Waals surface area contributed by atoms with E-state index in [-0.39, 0.29) is 18.1 Å². The summed E-state index contributed by atoms with van der Waals surface area (Å²) >= 11 is 1.50. The topological polar surface area (TPSA) is 61.2 Å². The van der Waals surface area contributed by atoms with Gasteiger partial charge in [-0.25, -0.2) is 4.98 Å². The number of aromatic nitrogens is 2. The molecular formula is C16H22N2O3S. The molecule has 2 aromatic rings. The Morgan fingerprint density at radius 3 is 2.82 bits per heavy atom. The zero-order valence-corrected chi connectivity index (χ0v) is 14.2. The van der Waals surface area contributed by atoms with E-state index in [9.17, 15) is 9.59 Å². The van der Waals surface area contributed by atoms with Gasteiger partial charge in [0.1, 0.15) is 11.4 Å². The monoisotopic (exact) mass is 322 g/mol. The Morgan fingerprint density at radius 1 is 1.32 bits per heavy atom. The molecule has 0 aliphatic rings. The molecule has 0 saturated heterocycles. The molecule has 22 heavy (non-hydrogen) atoms. The lowest BCUT2D eigenvalue weighted by Gasteiger charge is -2.06. The lowest BCUT2D eigenvalue weighted by Crippen LogP contribution is -2.25. The van der Waals surface area contributed by atoms with E-state index in [1.54, 1.807) is 0 Å². The number of hydrogen-bond acceptors (Lipinski definition) is 5. The van der Waals surface area contributed by atoms with Crippen LogP contribution in [0.1, 0.15) is 43.0 Å². The van der Waals surface area contributed by atoms with Crippen LogP contribution in [0.15, 0.2) is 11.1 Å². The maximum absolute atomic E-state index is 12.4. The number of carbonyl (C=O) groups excluding carboxylic acids is 1. The summed E-state index contributed by atoms with van der Waals surface area (Å²) in [5.74, 6) is -0.385. The molecule has 0 amide bonds. The van der Waals surface area contributed by atoms with Crippen molar-refractivity contribution < 1.29 is 9.53 Å². The highest BCUT2D eigenvalue weighted by Crippen LogP contribution is 2.25. The van der Waals surface area contributed by atoms with E-state index in [0.717, 1.165) is 41.0 Å². The molecule has 0 spiro atoms. The van der Waals surface area contributed by atoms with Gasteiger partial charge in [0.2, 0.25) is 0 Å². The molecule has 2 rings (SSSR count). The first-order valence-corrected chi connectivity index (χ1v) is 8.47. The summed E-state index contributed by atoms with van der Waals surface area (Å²) in [6.45, 7) is 6.35. The molecule has 120 valence electrons. The molecule has 6 heteroatoms. The minimum absolute atomic E-state index is 0.0795. The molecular weight excluding hydrogens is 300 g/mol. The van der Waals surface area contributed by atoms with Crippen molar-refractivity contribution in [2.45, 2.75) is 53.0 Å². The number of nitrogens with zero attached hydrogens (tertiary/aromatic N) is 2. The van der Waals surface area contributed by atoms with Crippen molar-refractivity contribution in [3.8, 4) is 0 Å². The van der Waals surface area contributed by atoms with Crippen LogP contribution in [0.3, 0.4) is 0 Å². The summed E-state index contributed by atoms with van der Waals surface area (Å²) in [4.78, 5) is 30.3. The average molecular weight is 322 g/mol. The summed E-state index contributed by atoms with van der Waals surface area (Å²) < 4.78 is 6.50. The van der Waals surface area contributed by atoms with Gasteiger partial charge in [-0.2, -0.15) is 0 Å². The van der Waals surface area contributed by atoms with Crippen molar-refractivity contribution in [3.05, 3.63) is 27.1 Å². The van der Waals surface area contributed by atoms with Crippen LogP contribution in [-0.4, -0.2) is 22.1 Å². The van der Waals surface area contributed by atoms with Gasteiger partial charge in [-0.05, 0) is 25.8 Å². The van der Waals surface area contributed by atoms with Crippen LogP contribution in [0.5, 0.6) is 0 Å². The highest BCUT2D eigenvalue weighted by atomic mass is 32.1. The average Bonchev–Trinajstić information content (AvgIpc) is 2.78. The second-order valence-electron chi connectivity index (χ2n) is 5.42. The van der Waals surface area contributed by atoms with Crippen molar-refractivity contribution in [2.24, 2.45) is 0 Å². The smallest absolute Gasteiger partial charge is 0.326 e. The molecule has 0 bridgehead atoms. The molecule has 0 unspecified atom stereocenters. The lowest BCUT2D eigenvalue weighted by molar-refractivity contribution is -0.144. The summed E-state index contributed by atoms with van der Waals surface area (Å²) in [6.07, 6.45) is 5.65. The van der Waals surface area contributed by atoms with E-state index < -0.39 is 0 Å². The predicted molar refractivity (Wildman–Crippen MR) is 88.5 cm³/mol. The number of rotatable bonds is 7. The van der Waals surface area contributed by atoms with E-state index in [1.807, 2.05) is 13.8 Å². The molecule has 0 aliphatic heterocycles. The number of aryl methyl sites for hydroxylation is 2. The third-order valence-electron chi connectivity index (χ3n) is 3.72. The Morgan fingerprint density at radius 2 is 2.09 bits per heavy atom. The van der Waals surface area contributed by atoms with Gasteiger partial charge < -0.3 is 4.74 Å². The fourth-order valence-corrected chi connectivity index (χ4v) is 3.27. The highest BCUT2D eigenvalue weighted by Gasteiger charge is 2.14. The zero-order valence-electron chi connectivity index (χ0n) is 13.3. The van der Waals surface area contributed by atoms with Crippen LogP contribution in [-0.2, 0) is 16.1 Å². The first kappa shape index (κ1) is 16.7.